The molecule has 6 rings (SSSR count). The summed E-state index contributed by atoms with van der Waals surface area (Å²) in [6, 6.07) is 9.41. The number of amidine groups is 1. The highest BCUT2D eigenvalue weighted by atomic mass is 35.5. The third-order valence-electron chi connectivity index (χ3n) is 6.88. The molecule has 1 aromatic carbocycles. The lowest BCUT2D eigenvalue weighted by Gasteiger charge is -2.34. The Morgan fingerprint density at radius 2 is 2.16 bits per heavy atom. The van der Waals surface area contributed by atoms with Gasteiger partial charge in [0.1, 0.15) is 29.7 Å². The predicted octanol–water partition coefficient (Wildman–Crippen LogP) is 4.36. The molecule has 2 aromatic rings. The van der Waals surface area contributed by atoms with Crippen LogP contribution in [0.5, 0.6) is 0 Å². The Morgan fingerprint density at radius 1 is 1.30 bits per heavy atom. The van der Waals surface area contributed by atoms with Crippen molar-refractivity contribution in [3.63, 3.8) is 0 Å². The van der Waals surface area contributed by atoms with Crippen LogP contribution in [0.3, 0.4) is 0 Å². The number of cyclic esters (lactones) is 1. The van der Waals surface area contributed by atoms with E-state index in [1.54, 1.807) is 12.3 Å². The van der Waals surface area contributed by atoms with E-state index in [4.69, 9.17) is 21.3 Å². The third-order valence-corrected chi connectivity index (χ3v) is 7.18. The lowest BCUT2D eigenvalue weighted by atomic mass is 9.89. The van der Waals surface area contributed by atoms with Crippen LogP contribution in [0, 0.1) is 5.82 Å². The number of pyridine rings is 1. The van der Waals surface area contributed by atoms with Crippen molar-refractivity contribution in [1.82, 2.24) is 20.2 Å². The summed E-state index contributed by atoms with van der Waals surface area (Å²) in [6.45, 7) is 2.33. The second-order valence-corrected chi connectivity index (χ2v) is 9.84. The molecule has 4 aliphatic rings. The minimum Gasteiger partial charge on any atom is -0.447 e. The maximum Gasteiger partial charge on any atom is 0.407 e. The van der Waals surface area contributed by atoms with Gasteiger partial charge in [0.15, 0.2) is 12.1 Å². The largest absolute Gasteiger partial charge is 0.447 e. The van der Waals surface area contributed by atoms with Gasteiger partial charge in [-0.3, -0.25) is 15.0 Å². The zero-order chi connectivity index (χ0) is 25.7. The molecule has 2 fully saturated rings. The fourth-order valence-corrected chi connectivity index (χ4v) is 5.28. The highest BCUT2D eigenvalue weighted by molar-refractivity contribution is 6.30. The molecule has 2 saturated heterocycles. The number of carbonyl (C=O) groups excluding carboxylic acids is 1. The van der Waals surface area contributed by atoms with Gasteiger partial charge < -0.3 is 15.0 Å². The maximum absolute atomic E-state index is 14.7. The van der Waals surface area contributed by atoms with E-state index in [-0.39, 0.29) is 11.6 Å². The van der Waals surface area contributed by atoms with Crippen molar-refractivity contribution in [2.75, 3.05) is 19.7 Å². The van der Waals surface area contributed by atoms with Crippen LogP contribution in [-0.4, -0.2) is 64.1 Å². The molecule has 4 aliphatic heterocycles. The molecule has 1 spiro atoms. The van der Waals surface area contributed by atoms with Crippen LogP contribution in [0.2, 0.25) is 5.02 Å². The van der Waals surface area contributed by atoms with Crippen molar-refractivity contribution < 1.29 is 18.3 Å². The molecule has 3 atom stereocenters. The van der Waals surface area contributed by atoms with Crippen LogP contribution in [-0.2, 0) is 4.74 Å². The van der Waals surface area contributed by atoms with Crippen molar-refractivity contribution in [2.45, 2.75) is 31.2 Å². The zero-order valence-corrected chi connectivity index (χ0v) is 20.6. The standard InChI is InChI=1S/C26H23ClF2N6O2/c1-15(28)35-10-4-6-19(33-35)22-21-12-26(14-37-25(36)32-26)13-34(21)24(20-5-2-3-9-30-20)31-23(22)16-7-8-17(27)18(29)11-16/h2-9,11,15,23H,10,12-14H2,1H3,(H,32,36)/t15?,23-,26+/m1/s1. The van der Waals surface area contributed by atoms with Gasteiger partial charge in [0, 0.05) is 23.9 Å². The van der Waals surface area contributed by atoms with Gasteiger partial charge >= 0.3 is 6.09 Å². The number of aliphatic imine (C=N–C) groups is 1. The summed E-state index contributed by atoms with van der Waals surface area (Å²) in [5.74, 6) is 0.00819. The molecule has 0 bridgehead atoms. The molecule has 1 amide bonds. The number of benzene rings is 1. The summed E-state index contributed by atoms with van der Waals surface area (Å²) < 4.78 is 34.2. The van der Waals surface area contributed by atoms with Crippen LogP contribution in [0.15, 0.2) is 76.1 Å². The van der Waals surface area contributed by atoms with E-state index in [2.05, 4.69) is 15.4 Å². The molecular weight excluding hydrogens is 502 g/mol. The number of alkyl carbamates (subject to hydrolysis) is 1. The van der Waals surface area contributed by atoms with E-state index >= 15 is 0 Å². The van der Waals surface area contributed by atoms with Gasteiger partial charge in [0.05, 0.1) is 23.8 Å². The second kappa shape index (κ2) is 8.95. The summed E-state index contributed by atoms with van der Waals surface area (Å²) in [4.78, 5) is 23.7. The number of nitrogens with one attached hydrogen (secondary N) is 1. The van der Waals surface area contributed by atoms with Gasteiger partial charge in [-0.1, -0.05) is 29.8 Å². The summed E-state index contributed by atoms with van der Waals surface area (Å²) in [7, 11) is 0. The Bertz CT molecular complexity index is 1390. The van der Waals surface area contributed by atoms with E-state index in [1.165, 1.54) is 24.1 Å². The number of alkyl halides is 1. The number of nitrogens with zero attached hydrogens (tertiary/aromatic N) is 5. The molecule has 37 heavy (non-hydrogen) atoms. The molecule has 0 aliphatic carbocycles. The quantitative estimate of drug-likeness (QED) is 0.601. The van der Waals surface area contributed by atoms with Crippen LogP contribution >= 0.6 is 11.6 Å². The third kappa shape index (κ3) is 4.15. The van der Waals surface area contributed by atoms with Gasteiger partial charge in [-0.15, -0.1) is 0 Å². The number of aromatic nitrogens is 1. The first kappa shape index (κ1) is 23.6. The molecular formula is C26H23ClF2N6O2. The second-order valence-electron chi connectivity index (χ2n) is 9.43. The topological polar surface area (TPSA) is 82.4 Å². The van der Waals surface area contributed by atoms with E-state index in [0.29, 0.717) is 47.9 Å². The first-order valence-electron chi connectivity index (χ1n) is 11.9. The fraction of sp³-hybridized carbons (Fsp3) is 0.308. The van der Waals surface area contributed by atoms with Gasteiger partial charge in [0.2, 0.25) is 0 Å². The Labute approximate surface area is 217 Å². The molecule has 190 valence electrons. The molecule has 0 saturated carbocycles. The van der Waals surface area contributed by atoms with Gasteiger partial charge in [-0.25, -0.2) is 13.6 Å². The number of amides is 1. The molecule has 8 nitrogen and oxygen atoms in total. The number of halogens is 3. The van der Waals surface area contributed by atoms with E-state index in [1.807, 2.05) is 35.3 Å². The molecule has 5 heterocycles. The number of hydrogen-bond donors (Lipinski definition) is 1. The average molecular weight is 525 g/mol. The van der Waals surface area contributed by atoms with Crippen molar-refractivity contribution in [2.24, 2.45) is 10.1 Å². The molecule has 1 N–H and O–H groups in total. The number of rotatable bonds is 4. The van der Waals surface area contributed by atoms with E-state index < -0.39 is 29.8 Å². The van der Waals surface area contributed by atoms with Crippen molar-refractivity contribution in [3.8, 4) is 0 Å². The highest BCUT2D eigenvalue weighted by Gasteiger charge is 2.52. The average Bonchev–Trinajstić information content (AvgIpc) is 3.46. The SMILES string of the molecule is CC(F)N1CC=CC(C2=C3C[C@@]4(COC(=O)N4)CN3C(c3ccccn3)=N[C@@H]2c2ccc(Cl)c(F)c2)=N1. The number of fused-ring (bicyclic) bond motifs is 1. The summed E-state index contributed by atoms with van der Waals surface area (Å²) in [6.07, 6.45) is 3.97. The number of allylic oxidation sites excluding steroid dienone is 1. The lowest BCUT2D eigenvalue weighted by Crippen LogP contribution is -2.47. The Balaban J connectivity index is 1.57. The number of hydrogen-bond acceptors (Lipinski definition) is 7. The Kier molecular flexibility index (Phi) is 5.71. The maximum atomic E-state index is 14.7. The van der Waals surface area contributed by atoms with E-state index in [9.17, 15) is 13.6 Å². The van der Waals surface area contributed by atoms with Crippen molar-refractivity contribution >= 4 is 29.2 Å². The minimum absolute atomic E-state index is 0.00212. The molecule has 0 radical (unpaired) electrons. The van der Waals surface area contributed by atoms with Crippen LogP contribution < -0.4 is 5.32 Å². The summed E-state index contributed by atoms with van der Waals surface area (Å²) >= 11 is 5.99. The Hall–Kier alpha value is -3.79. The molecule has 11 heteroatoms. The number of carbonyl (C=O) groups is 1. The van der Waals surface area contributed by atoms with E-state index in [0.717, 1.165) is 5.70 Å². The number of hydrazone groups is 1. The van der Waals surface area contributed by atoms with Crippen LogP contribution in [0.25, 0.3) is 0 Å². The van der Waals surface area contributed by atoms with Gasteiger partial charge in [-0.2, -0.15) is 5.10 Å². The Morgan fingerprint density at radius 3 is 2.86 bits per heavy atom. The first-order valence-corrected chi connectivity index (χ1v) is 12.3. The van der Waals surface area contributed by atoms with Crippen molar-refractivity contribution in [3.05, 3.63) is 88.1 Å². The van der Waals surface area contributed by atoms with Crippen LogP contribution in [0.1, 0.15) is 30.6 Å². The van der Waals surface area contributed by atoms with Crippen LogP contribution in [0.4, 0.5) is 13.6 Å². The number of ether oxygens (including phenoxy) is 1. The molecule has 1 unspecified atom stereocenters. The van der Waals surface area contributed by atoms with Gasteiger partial charge in [-0.05, 0) is 42.8 Å². The predicted molar refractivity (Wildman–Crippen MR) is 134 cm³/mol. The molecule has 1 aromatic heterocycles. The zero-order valence-electron chi connectivity index (χ0n) is 19.9. The smallest absolute Gasteiger partial charge is 0.407 e. The monoisotopic (exact) mass is 524 g/mol. The summed E-state index contributed by atoms with van der Waals surface area (Å²) in [5.41, 5.74) is 2.55. The van der Waals surface area contributed by atoms with Crippen molar-refractivity contribution in [1.29, 1.82) is 0 Å². The summed E-state index contributed by atoms with van der Waals surface area (Å²) in [5, 5.41) is 8.90. The highest BCUT2D eigenvalue weighted by Crippen LogP contribution is 2.45. The first-order chi connectivity index (χ1) is 17.8. The lowest BCUT2D eigenvalue weighted by molar-refractivity contribution is 0.114. The minimum atomic E-state index is -1.30. The van der Waals surface area contributed by atoms with Gasteiger partial charge in [0.25, 0.3) is 0 Å². The fourth-order valence-electron chi connectivity index (χ4n) is 5.16. The normalized spacial score (nSPS) is 25.6.